The molecule has 1 aliphatic heterocycles. The number of nitrogens with one attached hydrogen (secondary N) is 2. The molecular formula is C11H24N2O4S2. The maximum absolute atomic E-state index is 12.1. The molecule has 0 aromatic heterocycles. The van der Waals surface area contributed by atoms with E-state index in [2.05, 4.69) is 10.0 Å². The van der Waals surface area contributed by atoms with E-state index in [-0.39, 0.29) is 17.5 Å². The van der Waals surface area contributed by atoms with Crippen molar-refractivity contribution in [2.45, 2.75) is 44.4 Å². The lowest BCUT2D eigenvalue weighted by Gasteiger charge is -2.24. The summed E-state index contributed by atoms with van der Waals surface area (Å²) in [5.74, 6) is 0.144. The fourth-order valence-corrected chi connectivity index (χ4v) is 4.71. The van der Waals surface area contributed by atoms with Gasteiger partial charge >= 0.3 is 0 Å². The van der Waals surface area contributed by atoms with Crippen molar-refractivity contribution in [1.82, 2.24) is 10.0 Å². The van der Waals surface area contributed by atoms with Crippen molar-refractivity contribution in [3.63, 3.8) is 0 Å². The van der Waals surface area contributed by atoms with Crippen LogP contribution in [0.15, 0.2) is 0 Å². The molecule has 0 amide bonds. The zero-order valence-electron chi connectivity index (χ0n) is 11.6. The molecule has 1 aliphatic rings. The Kier molecular flexibility index (Phi) is 6.22. The van der Waals surface area contributed by atoms with Crippen molar-refractivity contribution in [2.75, 3.05) is 24.6 Å². The highest BCUT2D eigenvalue weighted by atomic mass is 32.2. The third-order valence-corrected chi connectivity index (χ3v) is 6.88. The molecule has 114 valence electrons. The van der Waals surface area contributed by atoms with Crippen LogP contribution in [0.1, 0.15) is 33.1 Å². The molecule has 0 aromatic rings. The molecule has 1 heterocycles. The van der Waals surface area contributed by atoms with E-state index in [1.165, 1.54) is 0 Å². The predicted octanol–water partition coefficient (Wildman–Crippen LogP) is -0.129. The van der Waals surface area contributed by atoms with E-state index in [4.69, 9.17) is 0 Å². The fraction of sp³-hybridized carbons (Fsp3) is 1.00. The van der Waals surface area contributed by atoms with Gasteiger partial charge in [-0.25, -0.2) is 21.6 Å². The predicted molar refractivity (Wildman–Crippen MR) is 76.4 cm³/mol. The van der Waals surface area contributed by atoms with Crippen LogP contribution in [-0.2, 0) is 19.9 Å². The molecule has 0 aliphatic carbocycles. The highest BCUT2D eigenvalue weighted by molar-refractivity contribution is 7.91. The zero-order chi connectivity index (χ0) is 14.5. The summed E-state index contributed by atoms with van der Waals surface area (Å²) < 4.78 is 49.3. The van der Waals surface area contributed by atoms with Crippen LogP contribution in [0.3, 0.4) is 0 Å². The van der Waals surface area contributed by atoms with Gasteiger partial charge in [0.2, 0.25) is 10.0 Å². The summed E-state index contributed by atoms with van der Waals surface area (Å²) in [4.78, 5) is 0. The summed E-state index contributed by atoms with van der Waals surface area (Å²) in [5, 5.41) is 2.56. The summed E-state index contributed by atoms with van der Waals surface area (Å²) in [5.41, 5.74) is 0. The molecule has 1 atom stereocenters. The van der Waals surface area contributed by atoms with Gasteiger partial charge in [-0.2, -0.15) is 0 Å². The Labute approximate surface area is 116 Å². The van der Waals surface area contributed by atoms with Gasteiger partial charge in [0.05, 0.1) is 16.8 Å². The maximum atomic E-state index is 12.1. The topological polar surface area (TPSA) is 92.3 Å². The van der Waals surface area contributed by atoms with Crippen molar-refractivity contribution in [3.05, 3.63) is 0 Å². The molecule has 1 saturated heterocycles. The standard InChI is InChI=1S/C11H24N2O4S2/c1-3-6-12-9-10(2)19(16,17)13-11-4-7-18(14,15)8-5-11/h10-13H,3-9H2,1-2H3. The first kappa shape index (κ1) is 16.9. The molecule has 0 bridgehead atoms. The van der Waals surface area contributed by atoms with Gasteiger partial charge in [0.25, 0.3) is 0 Å². The Hall–Kier alpha value is -0.180. The van der Waals surface area contributed by atoms with Gasteiger partial charge in [0.15, 0.2) is 0 Å². The molecule has 2 N–H and O–H groups in total. The lowest BCUT2D eigenvalue weighted by atomic mass is 10.2. The fourth-order valence-electron chi connectivity index (χ4n) is 1.95. The lowest BCUT2D eigenvalue weighted by Crippen LogP contribution is -2.46. The van der Waals surface area contributed by atoms with Crippen LogP contribution in [0.2, 0.25) is 0 Å². The molecule has 0 saturated carbocycles. The zero-order valence-corrected chi connectivity index (χ0v) is 13.2. The van der Waals surface area contributed by atoms with Gasteiger partial charge in [-0.3, -0.25) is 0 Å². The van der Waals surface area contributed by atoms with Crippen LogP contribution in [0.5, 0.6) is 0 Å². The van der Waals surface area contributed by atoms with Gasteiger partial charge in [-0.1, -0.05) is 6.92 Å². The molecule has 0 radical (unpaired) electrons. The second kappa shape index (κ2) is 7.01. The Morgan fingerprint density at radius 3 is 2.37 bits per heavy atom. The molecule has 0 spiro atoms. The first-order chi connectivity index (χ1) is 8.77. The van der Waals surface area contributed by atoms with Crippen LogP contribution in [-0.4, -0.2) is 52.7 Å². The average molecular weight is 312 g/mol. The minimum atomic E-state index is -3.38. The van der Waals surface area contributed by atoms with Gasteiger partial charge < -0.3 is 5.32 Å². The molecule has 6 nitrogen and oxygen atoms in total. The average Bonchev–Trinajstić information content (AvgIpc) is 2.32. The second-order valence-electron chi connectivity index (χ2n) is 5.10. The first-order valence-corrected chi connectivity index (χ1v) is 10.1. The summed E-state index contributed by atoms with van der Waals surface area (Å²) in [7, 11) is -6.34. The number of hydrogen-bond acceptors (Lipinski definition) is 5. The highest BCUT2D eigenvalue weighted by Gasteiger charge is 2.29. The second-order valence-corrected chi connectivity index (χ2v) is 9.54. The maximum Gasteiger partial charge on any atom is 0.215 e. The van der Waals surface area contributed by atoms with Crippen molar-refractivity contribution >= 4 is 19.9 Å². The number of sulfonamides is 1. The van der Waals surface area contributed by atoms with Gasteiger partial charge in [-0.15, -0.1) is 0 Å². The van der Waals surface area contributed by atoms with E-state index >= 15 is 0 Å². The molecule has 0 aromatic carbocycles. The van der Waals surface area contributed by atoms with E-state index in [9.17, 15) is 16.8 Å². The Balaban J connectivity index is 2.46. The summed E-state index contributed by atoms with van der Waals surface area (Å²) in [6.45, 7) is 4.88. The largest absolute Gasteiger partial charge is 0.315 e. The summed E-state index contributed by atoms with van der Waals surface area (Å²) >= 11 is 0. The third-order valence-electron chi connectivity index (χ3n) is 3.27. The summed E-state index contributed by atoms with van der Waals surface area (Å²) in [6, 6.07) is -0.248. The SMILES string of the molecule is CCCNCC(C)S(=O)(=O)NC1CCS(=O)(=O)CC1. The molecule has 1 rings (SSSR count). The van der Waals surface area contributed by atoms with Crippen LogP contribution < -0.4 is 10.0 Å². The van der Waals surface area contributed by atoms with Gasteiger partial charge in [0.1, 0.15) is 9.84 Å². The molecule has 1 unspecified atom stereocenters. The van der Waals surface area contributed by atoms with Crippen molar-refractivity contribution < 1.29 is 16.8 Å². The van der Waals surface area contributed by atoms with Crippen molar-refractivity contribution in [1.29, 1.82) is 0 Å². The van der Waals surface area contributed by atoms with Crippen LogP contribution in [0.4, 0.5) is 0 Å². The van der Waals surface area contributed by atoms with Gasteiger partial charge in [-0.05, 0) is 32.7 Å². The van der Waals surface area contributed by atoms with Crippen LogP contribution in [0, 0.1) is 0 Å². The minimum absolute atomic E-state index is 0.0721. The van der Waals surface area contributed by atoms with Crippen LogP contribution in [0.25, 0.3) is 0 Å². The third kappa shape index (κ3) is 5.76. The Morgan fingerprint density at radius 1 is 1.26 bits per heavy atom. The molecule has 8 heteroatoms. The lowest BCUT2D eigenvalue weighted by molar-refractivity contribution is 0.497. The highest BCUT2D eigenvalue weighted by Crippen LogP contribution is 2.14. The summed E-state index contributed by atoms with van der Waals surface area (Å²) in [6.07, 6.45) is 1.70. The Morgan fingerprint density at radius 2 is 1.84 bits per heavy atom. The molecule has 1 fully saturated rings. The van der Waals surface area contributed by atoms with Crippen molar-refractivity contribution in [3.8, 4) is 0 Å². The van der Waals surface area contributed by atoms with E-state index in [0.717, 1.165) is 13.0 Å². The normalized spacial score (nSPS) is 22.2. The first-order valence-electron chi connectivity index (χ1n) is 6.69. The number of sulfone groups is 1. The molecular weight excluding hydrogens is 288 g/mol. The quantitative estimate of drug-likeness (QED) is 0.639. The van der Waals surface area contributed by atoms with E-state index < -0.39 is 25.1 Å². The van der Waals surface area contributed by atoms with E-state index in [1.54, 1.807) is 6.92 Å². The minimum Gasteiger partial charge on any atom is -0.315 e. The van der Waals surface area contributed by atoms with Crippen molar-refractivity contribution in [2.24, 2.45) is 0 Å². The molecule has 19 heavy (non-hydrogen) atoms. The van der Waals surface area contributed by atoms with Gasteiger partial charge in [0, 0.05) is 12.6 Å². The van der Waals surface area contributed by atoms with Crippen LogP contribution >= 0.6 is 0 Å². The monoisotopic (exact) mass is 312 g/mol. The van der Waals surface area contributed by atoms with E-state index in [1.807, 2.05) is 6.92 Å². The van der Waals surface area contributed by atoms with E-state index in [0.29, 0.717) is 19.4 Å². The number of rotatable bonds is 7. The Bertz CT molecular complexity index is 459. The smallest absolute Gasteiger partial charge is 0.215 e. The number of hydrogen-bond donors (Lipinski definition) is 2.